The summed E-state index contributed by atoms with van der Waals surface area (Å²) in [5.74, 6) is 0.553. The lowest BCUT2D eigenvalue weighted by molar-refractivity contribution is 0.167. The number of likely N-dealkylation sites (tertiary alicyclic amines) is 1. The molecule has 1 aromatic carbocycles. The number of benzene rings is 1. The number of para-hydroxylation sites is 1. The molecule has 2 heterocycles. The minimum absolute atomic E-state index is 0.226. The van der Waals surface area contributed by atoms with Gasteiger partial charge in [-0.05, 0) is 47.7 Å². The van der Waals surface area contributed by atoms with Crippen LogP contribution >= 0.6 is 11.6 Å². The molecule has 1 amide bonds. The standard InChI is InChI=1S/C16H18ClN5O2/c17-12-6-2-4-8-14(12)21-16(24)22(19-18-21)15(23)20-10-9-11-5-1-3-7-13(11)20/h2,4,6,8,11,13H,1,3,5,7,9-10H2. The first-order valence-corrected chi connectivity index (χ1v) is 8.65. The molecule has 7 nitrogen and oxygen atoms in total. The molecule has 0 bridgehead atoms. The number of nitrogens with zero attached hydrogens (tertiary/aromatic N) is 5. The number of tetrazole rings is 1. The molecule has 0 spiro atoms. The molecule has 2 aliphatic rings. The molecule has 8 heteroatoms. The van der Waals surface area contributed by atoms with E-state index in [4.69, 9.17) is 11.6 Å². The summed E-state index contributed by atoms with van der Waals surface area (Å²) in [4.78, 5) is 27.2. The number of carbonyl (C=O) groups is 1. The lowest BCUT2D eigenvalue weighted by Crippen LogP contribution is -2.45. The normalized spacial score (nSPS) is 23.3. The summed E-state index contributed by atoms with van der Waals surface area (Å²) in [5.41, 5.74) is -0.174. The van der Waals surface area contributed by atoms with E-state index in [1.807, 2.05) is 0 Å². The summed E-state index contributed by atoms with van der Waals surface area (Å²) in [7, 11) is 0. The smallest absolute Gasteiger partial charge is 0.319 e. The van der Waals surface area contributed by atoms with Gasteiger partial charge < -0.3 is 4.90 Å². The van der Waals surface area contributed by atoms with Gasteiger partial charge in [-0.25, -0.2) is 9.59 Å². The zero-order valence-electron chi connectivity index (χ0n) is 13.1. The maximum absolute atomic E-state index is 12.8. The molecule has 2 atom stereocenters. The third-order valence-corrected chi connectivity index (χ3v) is 5.42. The molecule has 1 saturated carbocycles. The van der Waals surface area contributed by atoms with Crippen LogP contribution in [-0.4, -0.2) is 43.3 Å². The average molecular weight is 348 g/mol. The molecule has 2 fully saturated rings. The van der Waals surface area contributed by atoms with E-state index in [0.29, 0.717) is 23.2 Å². The molecule has 24 heavy (non-hydrogen) atoms. The zero-order valence-corrected chi connectivity index (χ0v) is 13.9. The molecule has 1 saturated heterocycles. The second kappa shape index (κ2) is 6.05. The molecule has 0 radical (unpaired) electrons. The van der Waals surface area contributed by atoms with Gasteiger partial charge >= 0.3 is 11.7 Å². The Hall–Kier alpha value is -2.15. The summed E-state index contributed by atoms with van der Waals surface area (Å²) in [6, 6.07) is 6.69. The third-order valence-electron chi connectivity index (χ3n) is 5.10. The largest absolute Gasteiger partial charge is 0.377 e. The van der Waals surface area contributed by atoms with Gasteiger partial charge in [-0.15, -0.1) is 4.68 Å². The summed E-state index contributed by atoms with van der Waals surface area (Å²) in [6.45, 7) is 0.680. The second-order valence-electron chi connectivity index (χ2n) is 6.41. The van der Waals surface area contributed by atoms with Crippen LogP contribution in [-0.2, 0) is 0 Å². The quantitative estimate of drug-likeness (QED) is 0.742. The lowest BCUT2D eigenvalue weighted by Gasteiger charge is -2.30. The lowest BCUT2D eigenvalue weighted by atomic mass is 9.85. The van der Waals surface area contributed by atoms with Crippen LogP contribution in [0, 0.1) is 5.92 Å². The number of hydrogen-bond acceptors (Lipinski definition) is 4. The van der Waals surface area contributed by atoms with E-state index in [1.165, 1.54) is 6.42 Å². The Morgan fingerprint density at radius 1 is 1.12 bits per heavy atom. The van der Waals surface area contributed by atoms with Crippen molar-refractivity contribution >= 4 is 17.6 Å². The summed E-state index contributed by atoms with van der Waals surface area (Å²) in [5, 5.41) is 7.99. The van der Waals surface area contributed by atoms with Gasteiger partial charge in [0.15, 0.2) is 0 Å². The topological polar surface area (TPSA) is 73.0 Å². The average Bonchev–Trinajstić information content (AvgIpc) is 3.19. The van der Waals surface area contributed by atoms with E-state index in [0.717, 1.165) is 35.0 Å². The van der Waals surface area contributed by atoms with E-state index >= 15 is 0 Å². The van der Waals surface area contributed by atoms with Gasteiger partial charge in [-0.3, -0.25) is 0 Å². The van der Waals surface area contributed by atoms with Gasteiger partial charge in [0.05, 0.1) is 10.7 Å². The Balaban J connectivity index is 1.65. The highest BCUT2D eigenvalue weighted by Crippen LogP contribution is 2.36. The van der Waals surface area contributed by atoms with Gasteiger partial charge in [-0.2, -0.15) is 4.68 Å². The predicted molar refractivity (Wildman–Crippen MR) is 88.5 cm³/mol. The molecule has 126 valence electrons. The Bertz CT molecular complexity index is 830. The van der Waals surface area contributed by atoms with Crippen molar-refractivity contribution < 1.29 is 4.79 Å². The van der Waals surface area contributed by atoms with E-state index in [2.05, 4.69) is 10.4 Å². The molecule has 0 N–H and O–H groups in total. The Kier molecular flexibility index (Phi) is 3.88. The number of aromatic nitrogens is 4. The van der Waals surface area contributed by atoms with Crippen molar-refractivity contribution in [1.82, 2.24) is 24.7 Å². The molecule has 2 aromatic rings. The van der Waals surface area contributed by atoms with Crippen LogP contribution in [0.4, 0.5) is 4.79 Å². The van der Waals surface area contributed by atoms with Crippen LogP contribution in [0.15, 0.2) is 29.1 Å². The van der Waals surface area contributed by atoms with Crippen LogP contribution in [0.25, 0.3) is 5.69 Å². The van der Waals surface area contributed by atoms with Gasteiger partial charge in [-0.1, -0.05) is 36.6 Å². The van der Waals surface area contributed by atoms with Crippen molar-refractivity contribution in [3.8, 4) is 5.69 Å². The van der Waals surface area contributed by atoms with Crippen LogP contribution in [0.5, 0.6) is 0 Å². The van der Waals surface area contributed by atoms with Crippen molar-refractivity contribution in [2.75, 3.05) is 6.54 Å². The Morgan fingerprint density at radius 2 is 1.92 bits per heavy atom. The first-order chi connectivity index (χ1) is 11.7. The highest BCUT2D eigenvalue weighted by Gasteiger charge is 2.39. The molecular weight excluding hydrogens is 330 g/mol. The molecule has 1 aliphatic carbocycles. The summed E-state index contributed by atoms with van der Waals surface area (Å²) >= 11 is 6.11. The number of amides is 1. The van der Waals surface area contributed by atoms with Crippen molar-refractivity contribution in [1.29, 1.82) is 0 Å². The minimum Gasteiger partial charge on any atom is -0.319 e. The fourth-order valence-electron chi connectivity index (χ4n) is 3.91. The van der Waals surface area contributed by atoms with Crippen LogP contribution < -0.4 is 5.69 Å². The fourth-order valence-corrected chi connectivity index (χ4v) is 4.12. The first-order valence-electron chi connectivity index (χ1n) is 8.28. The van der Waals surface area contributed by atoms with Gasteiger partial charge in [0.1, 0.15) is 0 Å². The van der Waals surface area contributed by atoms with E-state index in [1.54, 1.807) is 29.2 Å². The van der Waals surface area contributed by atoms with Crippen molar-refractivity contribution in [2.45, 2.75) is 38.1 Å². The van der Waals surface area contributed by atoms with Crippen LogP contribution in [0.3, 0.4) is 0 Å². The van der Waals surface area contributed by atoms with Crippen molar-refractivity contribution in [3.05, 3.63) is 39.8 Å². The molecule has 1 aromatic heterocycles. The number of halogens is 1. The van der Waals surface area contributed by atoms with Gasteiger partial charge in [0.25, 0.3) is 0 Å². The third kappa shape index (κ3) is 2.43. The van der Waals surface area contributed by atoms with E-state index in [9.17, 15) is 9.59 Å². The highest BCUT2D eigenvalue weighted by atomic mass is 35.5. The maximum atomic E-state index is 12.8. The Morgan fingerprint density at radius 3 is 2.75 bits per heavy atom. The zero-order chi connectivity index (χ0) is 16.7. The van der Waals surface area contributed by atoms with Gasteiger partial charge in [0.2, 0.25) is 0 Å². The van der Waals surface area contributed by atoms with Gasteiger partial charge in [0, 0.05) is 12.6 Å². The van der Waals surface area contributed by atoms with Crippen LogP contribution in [0.1, 0.15) is 32.1 Å². The maximum Gasteiger partial charge on any atom is 0.377 e. The molecule has 2 unspecified atom stereocenters. The second-order valence-corrected chi connectivity index (χ2v) is 6.82. The fraction of sp³-hybridized carbons (Fsp3) is 0.500. The molecule has 1 aliphatic heterocycles. The first kappa shape index (κ1) is 15.4. The summed E-state index contributed by atoms with van der Waals surface area (Å²) in [6.07, 6.45) is 5.53. The minimum atomic E-state index is -0.590. The SMILES string of the molecule is O=C(N1CCC2CCCCC21)n1nnn(-c2ccccc2Cl)c1=O. The van der Waals surface area contributed by atoms with Crippen molar-refractivity contribution in [2.24, 2.45) is 5.92 Å². The van der Waals surface area contributed by atoms with E-state index < -0.39 is 5.69 Å². The monoisotopic (exact) mass is 347 g/mol. The molecular formula is C16H18ClN5O2. The summed E-state index contributed by atoms with van der Waals surface area (Å²) < 4.78 is 1.91. The number of carbonyl (C=O) groups excluding carboxylic acids is 1. The Labute approximate surface area is 143 Å². The van der Waals surface area contributed by atoms with Crippen molar-refractivity contribution in [3.63, 3.8) is 0 Å². The number of fused-ring (bicyclic) bond motifs is 1. The van der Waals surface area contributed by atoms with Crippen LogP contribution in [0.2, 0.25) is 5.02 Å². The predicted octanol–water partition coefficient (Wildman–Crippen LogP) is 2.32. The highest BCUT2D eigenvalue weighted by molar-refractivity contribution is 6.32. The molecule has 4 rings (SSSR count). The van der Waals surface area contributed by atoms with E-state index in [-0.39, 0.29) is 12.1 Å². The number of hydrogen-bond donors (Lipinski definition) is 0. The number of rotatable bonds is 1.